The molecule has 0 saturated heterocycles. The van der Waals surface area contributed by atoms with Crippen molar-refractivity contribution >= 4 is 43.7 Å². The van der Waals surface area contributed by atoms with Crippen molar-refractivity contribution in [1.29, 1.82) is 0 Å². The molecule has 4 heterocycles. The van der Waals surface area contributed by atoms with Crippen molar-refractivity contribution in [3.8, 4) is 0 Å². The Labute approximate surface area is 246 Å². The number of hydrogen-bond donors (Lipinski definition) is 1. The monoisotopic (exact) mass is 687 g/mol. The topological polar surface area (TPSA) is 147 Å². The van der Waals surface area contributed by atoms with Crippen LogP contribution in [0.2, 0.25) is 0 Å². The van der Waals surface area contributed by atoms with E-state index in [1.54, 1.807) is 19.1 Å². The first kappa shape index (κ1) is 34.5. The Morgan fingerprint density at radius 2 is 1.30 bits per heavy atom. The van der Waals surface area contributed by atoms with Gasteiger partial charge in [0.15, 0.2) is 17.3 Å². The Morgan fingerprint density at radius 1 is 0.850 bits per heavy atom. The quantitative estimate of drug-likeness (QED) is 0.164. The molecule has 0 fully saturated rings. The van der Waals surface area contributed by atoms with E-state index in [0.29, 0.717) is 42.5 Å². The molecule has 2 N–H and O–H groups in total. The number of hydrogen-bond acceptors (Lipinski definition) is 9. The molecule has 4 aromatic heterocycles. The number of esters is 1. The highest BCUT2D eigenvalue weighted by molar-refractivity contribution is 9.10. The highest BCUT2D eigenvalue weighted by Gasteiger charge is 2.18. The summed E-state index contributed by atoms with van der Waals surface area (Å²) in [7, 11) is 0. The third-order valence-corrected chi connectivity index (χ3v) is 6.12. The zero-order chi connectivity index (χ0) is 27.7. The lowest BCUT2D eigenvalue weighted by molar-refractivity contribution is 0.0517. The Balaban J connectivity index is 0.000000383. The molecular formula is C26H29Br2F2N5O5. The first-order chi connectivity index (χ1) is 18.2. The van der Waals surface area contributed by atoms with Gasteiger partial charge in [-0.25, -0.2) is 23.5 Å². The molecule has 0 radical (unpaired) electrons. The van der Waals surface area contributed by atoms with Crippen LogP contribution in [0.15, 0.2) is 55.0 Å². The third kappa shape index (κ3) is 9.59. The summed E-state index contributed by atoms with van der Waals surface area (Å²) in [5.74, 6) is -2.31. The average Bonchev–Trinajstić information content (AvgIpc) is 3.60. The zero-order valence-corrected chi connectivity index (χ0v) is 23.1. The molecule has 0 atom stereocenters. The zero-order valence-electron chi connectivity index (χ0n) is 19.9. The van der Waals surface area contributed by atoms with Gasteiger partial charge in [0.2, 0.25) is 0 Å². The number of halogens is 4. The van der Waals surface area contributed by atoms with Gasteiger partial charge in [0, 0.05) is 12.1 Å². The van der Waals surface area contributed by atoms with Crippen LogP contribution in [0, 0.1) is 11.6 Å². The number of nitrogens with zero attached hydrogens (tertiary/aromatic N) is 4. The van der Waals surface area contributed by atoms with Crippen molar-refractivity contribution < 1.29 is 32.2 Å². The van der Waals surface area contributed by atoms with E-state index >= 15 is 0 Å². The average molecular weight is 689 g/mol. The van der Waals surface area contributed by atoms with Crippen LogP contribution in [0.3, 0.4) is 0 Å². The van der Waals surface area contributed by atoms with E-state index in [1.165, 1.54) is 24.7 Å². The first-order valence-corrected chi connectivity index (χ1v) is 12.7. The maximum atomic E-state index is 13.6. The van der Waals surface area contributed by atoms with Gasteiger partial charge in [-0.3, -0.25) is 4.79 Å². The second-order valence-electron chi connectivity index (χ2n) is 7.60. The van der Waals surface area contributed by atoms with Crippen LogP contribution in [0.1, 0.15) is 65.3 Å². The minimum Gasteiger partial charge on any atom is -0.461 e. The SMILES string of the molecule is C.C.CCOC(=O)c1nc(Br)c(F)cc1CCc1ccon1.NC(=O)c1nc(Br)c(F)cc1CCc1ccon1. The van der Waals surface area contributed by atoms with Gasteiger partial charge in [0.05, 0.1) is 18.0 Å². The van der Waals surface area contributed by atoms with E-state index in [-0.39, 0.29) is 42.1 Å². The maximum Gasteiger partial charge on any atom is 0.357 e. The molecule has 10 nitrogen and oxygen atoms in total. The number of pyridine rings is 2. The molecule has 0 aliphatic heterocycles. The van der Waals surface area contributed by atoms with Crippen LogP contribution in [0.25, 0.3) is 0 Å². The van der Waals surface area contributed by atoms with Gasteiger partial charge in [-0.15, -0.1) is 0 Å². The van der Waals surface area contributed by atoms with Gasteiger partial charge in [-0.05, 0) is 87.7 Å². The van der Waals surface area contributed by atoms with E-state index in [0.717, 1.165) is 5.69 Å². The summed E-state index contributed by atoms with van der Waals surface area (Å²) in [4.78, 5) is 30.8. The normalized spacial score (nSPS) is 10.0. The molecule has 0 saturated carbocycles. The predicted octanol–water partition coefficient (Wildman–Crippen LogP) is 6.06. The lowest BCUT2D eigenvalue weighted by Crippen LogP contribution is -2.17. The molecule has 0 aromatic carbocycles. The molecule has 4 rings (SSSR count). The van der Waals surface area contributed by atoms with Crippen molar-refractivity contribution in [3.05, 3.63) is 91.5 Å². The number of rotatable bonds is 9. The standard InChI is InChI=1S/C13H12BrFN2O3.C11H9BrFN3O2.2CH4/c1-2-19-13(18)11-8(7-10(15)12(14)16-11)3-4-9-5-6-20-17-9;12-10-8(13)5-6(9(15-10)11(14)17)1-2-7-3-4-18-16-7;;/h5-7H,2-4H2,1H3;3-5H,1-2H2,(H2,14,17);2*1H4. The van der Waals surface area contributed by atoms with E-state index < -0.39 is 23.5 Å². The fourth-order valence-electron chi connectivity index (χ4n) is 3.24. The second kappa shape index (κ2) is 16.6. The van der Waals surface area contributed by atoms with E-state index in [2.05, 4.69) is 56.7 Å². The largest absolute Gasteiger partial charge is 0.461 e. The summed E-state index contributed by atoms with van der Waals surface area (Å²) in [5, 5.41) is 7.50. The van der Waals surface area contributed by atoms with Gasteiger partial charge in [0.1, 0.15) is 27.4 Å². The Kier molecular flexibility index (Phi) is 14.3. The van der Waals surface area contributed by atoms with Gasteiger partial charge >= 0.3 is 5.97 Å². The van der Waals surface area contributed by atoms with Crippen LogP contribution in [-0.4, -0.2) is 38.8 Å². The highest BCUT2D eigenvalue weighted by Crippen LogP contribution is 2.20. The van der Waals surface area contributed by atoms with Crippen molar-refractivity contribution in [1.82, 2.24) is 20.3 Å². The third-order valence-electron chi connectivity index (χ3n) is 5.01. The summed E-state index contributed by atoms with van der Waals surface area (Å²) in [6.07, 6.45) is 4.76. The molecule has 1 amide bonds. The number of primary amides is 1. The molecule has 0 aliphatic carbocycles. The minimum absolute atomic E-state index is 0. The molecule has 0 unspecified atom stereocenters. The first-order valence-electron chi connectivity index (χ1n) is 11.1. The molecule has 14 heteroatoms. The van der Waals surface area contributed by atoms with Crippen molar-refractivity contribution in [2.45, 2.75) is 47.5 Å². The van der Waals surface area contributed by atoms with Gasteiger partial charge < -0.3 is 19.5 Å². The van der Waals surface area contributed by atoms with Crippen molar-refractivity contribution in [2.75, 3.05) is 6.61 Å². The van der Waals surface area contributed by atoms with Gasteiger partial charge in [0.25, 0.3) is 5.91 Å². The molecular weight excluding hydrogens is 660 g/mol. The molecule has 0 spiro atoms. The molecule has 4 aromatic rings. The molecule has 0 aliphatic rings. The van der Waals surface area contributed by atoms with Gasteiger partial charge in [-0.2, -0.15) is 0 Å². The number of amides is 1. The smallest absolute Gasteiger partial charge is 0.357 e. The molecule has 40 heavy (non-hydrogen) atoms. The van der Waals surface area contributed by atoms with Crippen molar-refractivity contribution in [2.24, 2.45) is 5.73 Å². The van der Waals surface area contributed by atoms with Crippen LogP contribution >= 0.6 is 31.9 Å². The summed E-state index contributed by atoms with van der Waals surface area (Å²) in [5.41, 5.74) is 7.75. The predicted molar refractivity (Wildman–Crippen MR) is 150 cm³/mol. The fraction of sp³-hybridized carbons (Fsp3) is 0.308. The Morgan fingerprint density at radius 3 is 1.70 bits per heavy atom. The Hall–Kier alpha value is -3.52. The summed E-state index contributed by atoms with van der Waals surface area (Å²) in [6.45, 7) is 1.93. The molecule has 216 valence electrons. The van der Waals surface area contributed by atoms with Gasteiger partial charge in [-0.1, -0.05) is 25.2 Å². The number of ether oxygens (including phenoxy) is 1. The van der Waals surface area contributed by atoms with Crippen LogP contribution < -0.4 is 5.73 Å². The summed E-state index contributed by atoms with van der Waals surface area (Å²) in [6, 6.07) is 5.94. The number of aromatic nitrogens is 4. The number of nitrogens with two attached hydrogens (primary N) is 1. The lowest BCUT2D eigenvalue weighted by atomic mass is 10.1. The van der Waals surface area contributed by atoms with E-state index in [9.17, 15) is 18.4 Å². The highest BCUT2D eigenvalue weighted by atomic mass is 79.9. The Bertz CT molecular complexity index is 1390. The maximum absolute atomic E-state index is 13.6. The van der Waals surface area contributed by atoms with Crippen LogP contribution in [0.5, 0.6) is 0 Å². The summed E-state index contributed by atoms with van der Waals surface area (Å²) < 4.78 is 41.3. The van der Waals surface area contributed by atoms with E-state index in [4.69, 9.17) is 15.0 Å². The lowest BCUT2D eigenvalue weighted by Gasteiger charge is -2.08. The van der Waals surface area contributed by atoms with Crippen molar-refractivity contribution in [3.63, 3.8) is 0 Å². The number of aryl methyl sites for hydroxylation is 4. The second-order valence-corrected chi connectivity index (χ2v) is 9.11. The minimum atomic E-state index is -0.689. The number of carbonyl (C=O) groups is 2. The summed E-state index contributed by atoms with van der Waals surface area (Å²) >= 11 is 5.89. The fourth-order valence-corrected chi connectivity index (χ4v) is 3.82. The van der Waals surface area contributed by atoms with E-state index in [1.807, 2.05) is 0 Å². The number of carbonyl (C=O) groups excluding carboxylic acids is 2. The van der Waals surface area contributed by atoms with Crippen LogP contribution in [-0.2, 0) is 30.4 Å². The van der Waals surface area contributed by atoms with Crippen LogP contribution in [0.4, 0.5) is 8.78 Å². The molecule has 0 bridgehead atoms.